The van der Waals surface area contributed by atoms with Crippen molar-refractivity contribution in [2.45, 2.75) is 0 Å². The zero-order chi connectivity index (χ0) is 13.4. The molecule has 0 saturated heterocycles. The van der Waals surface area contributed by atoms with E-state index < -0.39 is 0 Å². The number of halogens is 2. The van der Waals surface area contributed by atoms with Gasteiger partial charge in [0.15, 0.2) is 5.75 Å². The molecule has 94 valence electrons. The van der Waals surface area contributed by atoms with E-state index in [0.717, 1.165) is 0 Å². The maximum absolute atomic E-state index is 10.3. The van der Waals surface area contributed by atoms with Gasteiger partial charge in [-0.3, -0.25) is 4.98 Å². The molecule has 0 unspecified atom stereocenters. The molecule has 0 saturated carbocycles. The van der Waals surface area contributed by atoms with Gasteiger partial charge >= 0.3 is 0 Å². The van der Waals surface area contributed by atoms with E-state index in [0.29, 0.717) is 32.2 Å². The summed E-state index contributed by atoms with van der Waals surface area (Å²) in [5.74, 6) is 0.0283. The van der Waals surface area contributed by atoms with Gasteiger partial charge in [0, 0.05) is 28.7 Å². The molecule has 0 amide bonds. The fraction of sp³-hybridized carbons (Fsp3) is 0. The first-order chi connectivity index (χ1) is 9.18. The Labute approximate surface area is 119 Å². The van der Waals surface area contributed by atoms with Gasteiger partial charge in [0.1, 0.15) is 10.8 Å². The number of aromatic hydroxyl groups is 1. The Bertz CT molecular complexity index is 774. The standard InChI is InChI=1S/C14H8Cl2N2O/c15-11-4-2-1-3-9(11)12-13(19)10-7-17-6-5-8(10)14(16)18-12/h1-7,19H. The molecule has 1 aromatic carbocycles. The van der Waals surface area contributed by atoms with Gasteiger partial charge < -0.3 is 5.11 Å². The summed E-state index contributed by atoms with van der Waals surface area (Å²) in [6.07, 6.45) is 3.16. The van der Waals surface area contributed by atoms with Crippen LogP contribution < -0.4 is 0 Å². The van der Waals surface area contributed by atoms with Crippen molar-refractivity contribution in [2.24, 2.45) is 0 Å². The predicted molar refractivity (Wildman–Crippen MR) is 76.7 cm³/mol. The Hall–Kier alpha value is -1.84. The second-order valence-electron chi connectivity index (χ2n) is 4.00. The number of rotatable bonds is 1. The third-order valence-corrected chi connectivity index (χ3v) is 3.48. The number of hydrogen-bond acceptors (Lipinski definition) is 3. The van der Waals surface area contributed by atoms with Crippen molar-refractivity contribution >= 4 is 34.0 Å². The Morgan fingerprint density at radius 3 is 2.58 bits per heavy atom. The maximum atomic E-state index is 10.3. The first-order valence-corrected chi connectivity index (χ1v) is 6.31. The van der Waals surface area contributed by atoms with Gasteiger partial charge in [-0.25, -0.2) is 4.98 Å². The lowest BCUT2D eigenvalue weighted by Gasteiger charge is -2.09. The van der Waals surface area contributed by atoms with E-state index in [9.17, 15) is 5.11 Å². The summed E-state index contributed by atoms with van der Waals surface area (Å²) in [6, 6.07) is 8.86. The van der Waals surface area contributed by atoms with E-state index in [-0.39, 0.29) is 5.75 Å². The third-order valence-electron chi connectivity index (χ3n) is 2.86. The van der Waals surface area contributed by atoms with Crippen LogP contribution in [0.15, 0.2) is 42.7 Å². The molecule has 2 heterocycles. The highest BCUT2D eigenvalue weighted by Gasteiger charge is 2.15. The summed E-state index contributed by atoms with van der Waals surface area (Å²) >= 11 is 12.3. The number of benzene rings is 1. The Morgan fingerprint density at radius 2 is 1.79 bits per heavy atom. The van der Waals surface area contributed by atoms with Gasteiger partial charge in [-0.15, -0.1) is 0 Å². The largest absolute Gasteiger partial charge is 0.505 e. The molecule has 0 radical (unpaired) electrons. The van der Waals surface area contributed by atoms with Crippen LogP contribution in [0.25, 0.3) is 22.0 Å². The van der Waals surface area contributed by atoms with Crippen LogP contribution in [0.1, 0.15) is 0 Å². The molecule has 0 aliphatic heterocycles. The summed E-state index contributed by atoms with van der Waals surface area (Å²) < 4.78 is 0. The van der Waals surface area contributed by atoms with Crippen molar-refractivity contribution < 1.29 is 5.11 Å². The molecular weight excluding hydrogens is 283 g/mol. The molecule has 0 aliphatic rings. The average Bonchev–Trinajstić information content (AvgIpc) is 2.44. The van der Waals surface area contributed by atoms with E-state index in [2.05, 4.69) is 9.97 Å². The molecule has 0 bridgehead atoms. The fourth-order valence-electron chi connectivity index (χ4n) is 1.94. The minimum atomic E-state index is 0.0283. The number of pyridine rings is 2. The maximum Gasteiger partial charge on any atom is 0.151 e. The van der Waals surface area contributed by atoms with Crippen LogP contribution in [0.2, 0.25) is 10.2 Å². The van der Waals surface area contributed by atoms with E-state index in [1.807, 2.05) is 12.1 Å². The summed E-state index contributed by atoms with van der Waals surface area (Å²) in [4.78, 5) is 8.23. The van der Waals surface area contributed by atoms with Gasteiger partial charge in [0.25, 0.3) is 0 Å². The minimum Gasteiger partial charge on any atom is -0.505 e. The van der Waals surface area contributed by atoms with E-state index in [4.69, 9.17) is 23.2 Å². The third kappa shape index (κ3) is 2.01. The van der Waals surface area contributed by atoms with Gasteiger partial charge in [-0.05, 0) is 12.1 Å². The zero-order valence-electron chi connectivity index (χ0n) is 9.64. The van der Waals surface area contributed by atoms with E-state index in [1.165, 1.54) is 0 Å². The van der Waals surface area contributed by atoms with Gasteiger partial charge in [0.2, 0.25) is 0 Å². The van der Waals surface area contributed by atoms with Crippen LogP contribution in [0.5, 0.6) is 5.75 Å². The topological polar surface area (TPSA) is 46.0 Å². The normalized spacial score (nSPS) is 10.8. The second-order valence-corrected chi connectivity index (χ2v) is 4.77. The van der Waals surface area contributed by atoms with Gasteiger partial charge in [-0.2, -0.15) is 0 Å². The lowest BCUT2D eigenvalue weighted by Crippen LogP contribution is -1.90. The fourth-order valence-corrected chi connectivity index (χ4v) is 2.42. The van der Waals surface area contributed by atoms with Gasteiger partial charge in [-0.1, -0.05) is 41.4 Å². The van der Waals surface area contributed by atoms with Crippen molar-refractivity contribution in [1.29, 1.82) is 0 Å². The SMILES string of the molecule is Oc1c(-c2ccccc2Cl)nc(Cl)c2ccncc12. The van der Waals surface area contributed by atoms with Crippen LogP contribution in [0, 0.1) is 0 Å². The monoisotopic (exact) mass is 290 g/mol. The summed E-state index contributed by atoms with van der Waals surface area (Å²) in [5, 5.41) is 12.4. The average molecular weight is 291 g/mol. The minimum absolute atomic E-state index is 0.0283. The van der Waals surface area contributed by atoms with Crippen molar-refractivity contribution in [2.75, 3.05) is 0 Å². The highest BCUT2D eigenvalue weighted by atomic mass is 35.5. The molecule has 1 N–H and O–H groups in total. The Balaban J connectivity index is 2.38. The summed E-state index contributed by atoms with van der Waals surface area (Å²) in [7, 11) is 0. The summed E-state index contributed by atoms with van der Waals surface area (Å²) in [6.45, 7) is 0. The van der Waals surface area contributed by atoms with E-state index >= 15 is 0 Å². The molecule has 19 heavy (non-hydrogen) atoms. The van der Waals surface area contributed by atoms with Crippen molar-refractivity contribution in [3.63, 3.8) is 0 Å². The molecule has 5 heteroatoms. The van der Waals surface area contributed by atoms with Gasteiger partial charge in [0.05, 0.1) is 5.02 Å². The smallest absolute Gasteiger partial charge is 0.151 e. The summed E-state index contributed by atoms with van der Waals surface area (Å²) in [5.41, 5.74) is 0.991. The second kappa shape index (κ2) is 4.68. The number of hydrogen-bond donors (Lipinski definition) is 1. The predicted octanol–water partition coefficient (Wildman–Crippen LogP) is 4.31. The lowest BCUT2D eigenvalue weighted by atomic mass is 10.1. The highest BCUT2D eigenvalue weighted by molar-refractivity contribution is 6.35. The van der Waals surface area contributed by atoms with Crippen molar-refractivity contribution in [3.05, 3.63) is 52.9 Å². The molecule has 0 aliphatic carbocycles. The van der Waals surface area contributed by atoms with Crippen molar-refractivity contribution in [3.8, 4) is 17.0 Å². The molecule has 2 aromatic heterocycles. The lowest BCUT2D eigenvalue weighted by molar-refractivity contribution is 0.481. The first kappa shape index (κ1) is 12.2. The van der Waals surface area contributed by atoms with Crippen LogP contribution in [0.4, 0.5) is 0 Å². The molecule has 0 fully saturated rings. The van der Waals surface area contributed by atoms with Crippen LogP contribution in [-0.2, 0) is 0 Å². The molecular formula is C14H8Cl2N2O. The number of nitrogens with zero attached hydrogens (tertiary/aromatic N) is 2. The highest BCUT2D eigenvalue weighted by Crippen LogP contribution is 2.39. The van der Waals surface area contributed by atoms with Crippen LogP contribution >= 0.6 is 23.2 Å². The van der Waals surface area contributed by atoms with Crippen molar-refractivity contribution in [1.82, 2.24) is 9.97 Å². The molecule has 3 rings (SSSR count). The molecule has 0 atom stereocenters. The molecule has 3 aromatic rings. The Morgan fingerprint density at radius 1 is 1.00 bits per heavy atom. The number of aromatic nitrogens is 2. The Kier molecular flexibility index (Phi) is 3.01. The number of fused-ring (bicyclic) bond motifs is 1. The molecule has 3 nitrogen and oxygen atoms in total. The quantitative estimate of drug-likeness (QED) is 0.679. The zero-order valence-corrected chi connectivity index (χ0v) is 11.2. The van der Waals surface area contributed by atoms with E-state index in [1.54, 1.807) is 30.6 Å². The van der Waals surface area contributed by atoms with Crippen LogP contribution in [-0.4, -0.2) is 15.1 Å². The molecule has 0 spiro atoms. The van der Waals surface area contributed by atoms with Crippen LogP contribution in [0.3, 0.4) is 0 Å². The first-order valence-electron chi connectivity index (χ1n) is 5.55.